The van der Waals surface area contributed by atoms with Crippen molar-refractivity contribution in [3.63, 3.8) is 0 Å². The summed E-state index contributed by atoms with van der Waals surface area (Å²) in [7, 11) is 0. The minimum Gasteiger partial charge on any atom is -0.353 e. The lowest BCUT2D eigenvalue weighted by Crippen LogP contribution is -2.28. The van der Waals surface area contributed by atoms with E-state index in [1.165, 1.54) is 12.3 Å². The molecule has 3 N–H and O–H groups in total. The molecular weight excluding hydrogens is 234 g/mol. The lowest BCUT2D eigenvalue weighted by molar-refractivity contribution is -0.117. The summed E-state index contributed by atoms with van der Waals surface area (Å²) in [5, 5.41) is 2.89. The molecule has 0 atom stereocenters. The fraction of sp³-hybridized carbons (Fsp3) is 0.417. The summed E-state index contributed by atoms with van der Waals surface area (Å²) in [6, 6.07) is 0. The van der Waals surface area contributed by atoms with E-state index >= 15 is 0 Å². The van der Waals surface area contributed by atoms with E-state index in [9.17, 15) is 14.4 Å². The number of H-pyrrole nitrogens is 2. The van der Waals surface area contributed by atoms with Crippen molar-refractivity contribution in [2.45, 2.75) is 26.7 Å². The van der Waals surface area contributed by atoms with Crippen LogP contribution in [0.1, 0.15) is 26.7 Å². The lowest BCUT2D eigenvalue weighted by atomic mass is 9.79. The smallest absolute Gasteiger partial charge is 0.325 e. The molecule has 0 spiro atoms. The van der Waals surface area contributed by atoms with E-state index in [2.05, 4.69) is 15.3 Å². The van der Waals surface area contributed by atoms with Crippen LogP contribution in [-0.4, -0.2) is 15.8 Å². The first-order chi connectivity index (χ1) is 8.35. The Kier molecular flexibility index (Phi) is 2.94. The van der Waals surface area contributed by atoms with Crippen molar-refractivity contribution in [2.75, 3.05) is 5.32 Å². The molecule has 1 aromatic rings. The van der Waals surface area contributed by atoms with Crippen LogP contribution in [0.2, 0.25) is 0 Å². The van der Waals surface area contributed by atoms with Gasteiger partial charge in [0, 0.05) is 24.4 Å². The first-order valence-electron chi connectivity index (χ1n) is 5.68. The maximum absolute atomic E-state index is 11.6. The summed E-state index contributed by atoms with van der Waals surface area (Å²) in [6.07, 6.45) is 3.99. The van der Waals surface area contributed by atoms with Gasteiger partial charge in [0.25, 0.3) is 5.56 Å². The summed E-state index contributed by atoms with van der Waals surface area (Å²) in [4.78, 5) is 38.4. The Labute approximate surface area is 103 Å². The predicted octanol–water partition coefficient (Wildman–Crippen LogP) is 0.748. The quantitative estimate of drug-likeness (QED) is 0.720. The highest BCUT2D eigenvalue weighted by atomic mass is 16.2. The van der Waals surface area contributed by atoms with E-state index in [4.69, 9.17) is 0 Å². The minimum absolute atomic E-state index is 0.0367. The van der Waals surface area contributed by atoms with E-state index in [1.54, 1.807) is 0 Å². The molecule has 6 heteroatoms. The number of rotatable bonds is 2. The predicted molar refractivity (Wildman–Crippen MR) is 67.4 cm³/mol. The average Bonchev–Trinajstić information content (AvgIpc) is 2.19. The van der Waals surface area contributed by atoms with Gasteiger partial charge in [-0.2, -0.15) is 0 Å². The third-order valence-corrected chi connectivity index (χ3v) is 2.77. The second kappa shape index (κ2) is 4.29. The monoisotopic (exact) mass is 249 g/mol. The van der Waals surface area contributed by atoms with Crippen molar-refractivity contribution >= 4 is 11.5 Å². The van der Waals surface area contributed by atoms with E-state index < -0.39 is 11.2 Å². The molecule has 96 valence electrons. The highest BCUT2D eigenvalue weighted by molar-refractivity contribution is 5.92. The van der Waals surface area contributed by atoms with Gasteiger partial charge in [-0.15, -0.1) is 0 Å². The Morgan fingerprint density at radius 1 is 1.22 bits per heavy atom. The van der Waals surface area contributed by atoms with E-state index in [-0.39, 0.29) is 16.9 Å². The van der Waals surface area contributed by atoms with Crippen LogP contribution >= 0.6 is 0 Å². The van der Waals surface area contributed by atoms with Gasteiger partial charge in [-0.25, -0.2) is 4.79 Å². The van der Waals surface area contributed by atoms with Crippen LogP contribution in [-0.2, 0) is 4.79 Å². The minimum atomic E-state index is -0.556. The third kappa shape index (κ3) is 2.77. The molecule has 0 radical (unpaired) electrons. The fourth-order valence-electron chi connectivity index (χ4n) is 2.10. The largest absolute Gasteiger partial charge is 0.353 e. The summed E-state index contributed by atoms with van der Waals surface area (Å²) < 4.78 is 0. The van der Waals surface area contributed by atoms with Gasteiger partial charge in [0.05, 0.1) is 0 Å². The van der Waals surface area contributed by atoms with Gasteiger partial charge in [-0.1, -0.05) is 13.8 Å². The number of aromatic nitrogens is 2. The van der Waals surface area contributed by atoms with Crippen molar-refractivity contribution in [2.24, 2.45) is 5.41 Å². The number of ketones is 1. The van der Waals surface area contributed by atoms with Crippen LogP contribution in [0.4, 0.5) is 5.69 Å². The molecule has 6 nitrogen and oxygen atoms in total. The summed E-state index contributed by atoms with van der Waals surface area (Å²) in [5.74, 6) is 0.0367. The van der Waals surface area contributed by atoms with Crippen LogP contribution < -0.4 is 16.6 Å². The number of anilines is 1. The van der Waals surface area contributed by atoms with Crippen LogP contribution in [0.15, 0.2) is 27.6 Å². The molecule has 0 saturated carbocycles. The van der Waals surface area contributed by atoms with Gasteiger partial charge in [0.2, 0.25) is 0 Å². The van der Waals surface area contributed by atoms with Gasteiger partial charge >= 0.3 is 5.69 Å². The fourth-order valence-corrected chi connectivity index (χ4v) is 2.10. The standard InChI is InChI=1S/C12H15N3O3/c1-12(2)4-7(3-8(16)5-12)14-9-6-13-11(18)15-10(9)17/h3,6,14H,4-5H2,1-2H3,(H2,13,15,17,18). The zero-order valence-corrected chi connectivity index (χ0v) is 10.3. The van der Waals surface area contributed by atoms with Gasteiger partial charge < -0.3 is 10.3 Å². The molecule has 1 aromatic heterocycles. The molecule has 18 heavy (non-hydrogen) atoms. The molecule has 0 bridgehead atoms. The van der Waals surface area contributed by atoms with Gasteiger partial charge in [-0.05, 0) is 11.8 Å². The molecule has 1 aliphatic rings. The maximum atomic E-state index is 11.6. The number of hydrogen-bond acceptors (Lipinski definition) is 4. The Bertz CT molecular complexity index is 622. The van der Waals surface area contributed by atoms with Crippen LogP contribution in [0.25, 0.3) is 0 Å². The number of hydrogen-bond donors (Lipinski definition) is 3. The first-order valence-corrected chi connectivity index (χ1v) is 5.68. The van der Waals surface area contributed by atoms with Gasteiger partial charge in [-0.3, -0.25) is 14.6 Å². The maximum Gasteiger partial charge on any atom is 0.325 e. The van der Waals surface area contributed by atoms with E-state index in [1.807, 2.05) is 13.8 Å². The number of allylic oxidation sites excluding steroid dienone is 2. The number of carbonyl (C=O) groups is 1. The Morgan fingerprint density at radius 2 is 1.94 bits per heavy atom. The normalized spacial score (nSPS) is 18.3. The van der Waals surface area contributed by atoms with E-state index in [0.29, 0.717) is 18.5 Å². The van der Waals surface area contributed by atoms with Crippen molar-refractivity contribution in [3.8, 4) is 0 Å². The molecule has 0 fully saturated rings. The molecule has 0 aromatic carbocycles. The summed E-state index contributed by atoms with van der Waals surface area (Å²) >= 11 is 0. The molecule has 0 amide bonds. The molecule has 1 aliphatic carbocycles. The van der Waals surface area contributed by atoms with E-state index in [0.717, 1.165) is 0 Å². The average molecular weight is 249 g/mol. The third-order valence-electron chi connectivity index (χ3n) is 2.77. The Balaban J connectivity index is 2.27. The topological polar surface area (TPSA) is 94.8 Å². The molecule has 0 unspecified atom stereocenters. The highest BCUT2D eigenvalue weighted by Gasteiger charge is 2.27. The number of nitrogens with one attached hydrogen (secondary N) is 3. The van der Waals surface area contributed by atoms with Crippen molar-refractivity contribution in [1.29, 1.82) is 0 Å². The molecular formula is C12H15N3O3. The highest BCUT2D eigenvalue weighted by Crippen LogP contribution is 2.33. The van der Waals surface area contributed by atoms with Crippen molar-refractivity contribution in [1.82, 2.24) is 9.97 Å². The molecule has 1 heterocycles. The number of aromatic amines is 2. The van der Waals surface area contributed by atoms with Crippen molar-refractivity contribution < 1.29 is 4.79 Å². The molecule has 0 saturated heterocycles. The van der Waals surface area contributed by atoms with Gasteiger partial charge in [0.1, 0.15) is 5.69 Å². The van der Waals surface area contributed by atoms with Crippen LogP contribution in [0.3, 0.4) is 0 Å². The summed E-state index contributed by atoms with van der Waals surface area (Å²) in [6.45, 7) is 3.99. The SMILES string of the molecule is CC1(C)CC(=O)C=C(Nc2c[nH]c(=O)[nH]c2=O)C1. The molecule has 0 aliphatic heterocycles. The zero-order valence-electron chi connectivity index (χ0n) is 10.3. The second-order valence-electron chi connectivity index (χ2n) is 5.26. The Morgan fingerprint density at radius 3 is 2.56 bits per heavy atom. The van der Waals surface area contributed by atoms with Crippen LogP contribution in [0.5, 0.6) is 0 Å². The van der Waals surface area contributed by atoms with Crippen molar-refractivity contribution in [3.05, 3.63) is 38.8 Å². The van der Waals surface area contributed by atoms with Gasteiger partial charge in [0.15, 0.2) is 5.78 Å². The van der Waals surface area contributed by atoms with Crippen LogP contribution in [0, 0.1) is 5.41 Å². The second-order valence-corrected chi connectivity index (χ2v) is 5.26. The lowest BCUT2D eigenvalue weighted by Gasteiger charge is -2.29. The Hall–Kier alpha value is -2.11. The molecule has 2 rings (SSSR count). The zero-order chi connectivity index (χ0) is 13.3. The number of carbonyl (C=O) groups excluding carboxylic acids is 1. The first kappa shape index (κ1) is 12.3. The summed E-state index contributed by atoms with van der Waals surface area (Å²) in [5.41, 5.74) is -0.265.